The van der Waals surface area contributed by atoms with E-state index in [-0.39, 0.29) is 29.0 Å². The average Bonchev–Trinajstić information content (AvgIpc) is 2.77. The second-order valence-electron chi connectivity index (χ2n) is 11.3. The van der Waals surface area contributed by atoms with Crippen molar-refractivity contribution in [2.45, 2.75) is 71.4 Å². The summed E-state index contributed by atoms with van der Waals surface area (Å²) < 4.78 is 5.49. The van der Waals surface area contributed by atoms with E-state index in [9.17, 15) is 19.5 Å². The zero-order valence-electron chi connectivity index (χ0n) is 22.0. The maximum Gasteiger partial charge on any atom is 0.410 e. The first-order chi connectivity index (χ1) is 16.7. The number of likely N-dealkylation sites (tertiary alicyclic amines) is 1. The molecule has 1 aliphatic heterocycles. The number of carbonyl (C=O) groups is 3. The van der Waals surface area contributed by atoms with E-state index in [1.165, 1.54) is 6.07 Å². The van der Waals surface area contributed by atoms with Crippen molar-refractivity contribution in [1.82, 2.24) is 4.90 Å². The largest absolute Gasteiger partial charge is 0.478 e. The minimum absolute atomic E-state index is 0.0135. The molecule has 36 heavy (non-hydrogen) atoms. The molecule has 0 aliphatic carbocycles. The Morgan fingerprint density at radius 2 is 1.67 bits per heavy atom. The summed E-state index contributed by atoms with van der Waals surface area (Å²) in [7, 11) is 0. The molecule has 8 heteroatoms. The Balaban J connectivity index is 1.74. The quantitative estimate of drug-likeness (QED) is 0.488. The molecule has 3 N–H and O–H groups in total. The molecular weight excluding hydrogens is 458 g/mol. The smallest absolute Gasteiger partial charge is 0.410 e. The third-order valence-electron chi connectivity index (χ3n) is 5.95. The van der Waals surface area contributed by atoms with Gasteiger partial charge in [0.15, 0.2) is 0 Å². The van der Waals surface area contributed by atoms with Gasteiger partial charge in [-0.2, -0.15) is 0 Å². The normalized spacial score (nSPS) is 16.3. The number of aromatic carboxylic acids is 1. The van der Waals surface area contributed by atoms with Crippen LogP contribution in [0.25, 0.3) is 0 Å². The molecule has 1 atom stereocenters. The SMILES string of the molecule is CC(C)(C)OC(=O)N1CCCC(Nc2cc(NC(=O)c3ccc(C(C)(C)C)cc3)ccc2C(=O)O)C1. The monoisotopic (exact) mass is 495 g/mol. The molecule has 2 aromatic carbocycles. The van der Waals surface area contributed by atoms with Gasteiger partial charge in [0.25, 0.3) is 5.91 Å². The van der Waals surface area contributed by atoms with Gasteiger partial charge < -0.3 is 25.4 Å². The van der Waals surface area contributed by atoms with Crippen LogP contribution in [0.2, 0.25) is 0 Å². The van der Waals surface area contributed by atoms with Gasteiger partial charge in [0.05, 0.1) is 11.3 Å². The molecule has 0 spiro atoms. The predicted molar refractivity (Wildman–Crippen MR) is 141 cm³/mol. The van der Waals surface area contributed by atoms with E-state index in [4.69, 9.17) is 4.74 Å². The standard InChI is InChI=1S/C28H37N3O5/c1-27(2,3)19-11-9-18(10-12-19)24(32)30-20-13-14-22(25(33)34)23(16-20)29-21-8-7-15-31(17-21)26(35)36-28(4,5)6/h9-14,16,21,29H,7-8,15,17H2,1-6H3,(H,30,32)(H,33,34). The van der Waals surface area contributed by atoms with Gasteiger partial charge in [-0.1, -0.05) is 32.9 Å². The molecule has 2 amide bonds. The first kappa shape index (κ1) is 27.0. The third kappa shape index (κ3) is 7.23. The van der Waals surface area contributed by atoms with Crippen LogP contribution in [-0.2, 0) is 10.2 Å². The number of carboxylic acid groups (broad SMARTS) is 1. The van der Waals surface area contributed by atoms with Crippen LogP contribution in [0.3, 0.4) is 0 Å². The number of amides is 2. The maximum atomic E-state index is 12.8. The maximum absolute atomic E-state index is 12.8. The van der Waals surface area contributed by atoms with Crippen molar-refractivity contribution in [2.75, 3.05) is 23.7 Å². The molecule has 0 saturated carbocycles. The Morgan fingerprint density at radius 1 is 1.00 bits per heavy atom. The lowest BCUT2D eigenvalue weighted by molar-refractivity contribution is 0.0206. The van der Waals surface area contributed by atoms with Crippen molar-refractivity contribution in [3.8, 4) is 0 Å². The number of anilines is 2. The van der Waals surface area contributed by atoms with Crippen LogP contribution in [0.4, 0.5) is 16.2 Å². The first-order valence-corrected chi connectivity index (χ1v) is 12.3. The molecule has 1 saturated heterocycles. The van der Waals surface area contributed by atoms with Crippen LogP contribution < -0.4 is 10.6 Å². The van der Waals surface area contributed by atoms with Gasteiger partial charge in [-0.15, -0.1) is 0 Å². The van der Waals surface area contributed by atoms with Crippen molar-refractivity contribution in [1.29, 1.82) is 0 Å². The topological polar surface area (TPSA) is 108 Å². The van der Waals surface area contributed by atoms with Crippen LogP contribution in [0.1, 0.15) is 80.7 Å². The number of piperidine rings is 1. The summed E-state index contributed by atoms with van der Waals surface area (Å²) in [6, 6.07) is 12.0. The number of nitrogens with zero attached hydrogens (tertiary/aromatic N) is 1. The van der Waals surface area contributed by atoms with Crippen molar-refractivity contribution >= 4 is 29.3 Å². The summed E-state index contributed by atoms with van der Waals surface area (Å²) in [6.45, 7) is 12.8. The molecule has 2 aromatic rings. The highest BCUT2D eigenvalue weighted by Crippen LogP contribution is 2.26. The minimum atomic E-state index is -1.08. The van der Waals surface area contributed by atoms with Crippen LogP contribution in [0, 0.1) is 0 Å². The van der Waals surface area contributed by atoms with Crippen molar-refractivity contribution < 1.29 is 24.2 Å². The van der Waals surface area contributed by atoms with Crippen LogP contribution in [0.15, 0.2) is 42.5 Å². The molecule has 194 valence electrons. The number of hydrogen-bond acceptors (Lipinski definition) is 5. The van der Waals surface area contributed by atoms with E-state index in [1.54, 1.807) is 29.2 Å². The fraction of sp³-hybridized carbons (Fsp3) is 0.464. The number of carbonyl (C=O) groups excluding carboxylic acids is 2. The van der Waals surface area contributed by atoms with E-state index < -0.39 is 11.6 Å². The summed E-state index contributed by atoms with van der Waals surface area (Å²) in [5.74, 6) is -1.36. The van der Waals surface area contributed by atoms with Crippen molar-refractivity contribution in [2.24, 2.45) is 0 Å². The number of carboxylic acids is 1. The Kier molecular flexibility index (Phi) is 7.96. The highest BCUT2D eigenvalue weighted by atomic mass is 16.6. The molecular formula is C28H37N3O5. The Labute approximate surface area is 213 Å². The number of ether oxygens (including phenoxy) is 1. The molecule has 1 heterocycles. The third-order valence-corrected chi connectivity index (χ3v) is 5.95. The molecule has 1 unspecified atom stereocenters. The van der Waals surface area contributed by atoms with E-state index >= 15 is 0 Å². The summed E-state index contributed by atoms with van der Waals surface area (Å²) in [5.41, 5.74) is 2.00. The minimum Gasteiger partial charge on any atom is -0.478 e. The Hall–Kier alpha value is -3.55. The van der Waals surface area contributed by atoms with Gasteiger partial charge in [-0.05, 0) is 74.9 Å². The fourth-order valence-corrected chi connectivity index (χ4v) is 4.06. The average molecular weight is 496 g/mol. The van der Waals surface area contributed by atoms with E-state index in [1.807, 2.05) is 32.9 Å². The molecule has 1 fully saturated rings. The number of nitrogens with one attached hydrogen (secondary N) is 2. The first-order valence-electron chi connectivity index (χ1n) is 12.3. The van der Waals surface area contributed by atoms with Crippen LogP contribution >= 0.6 is 0 Å². The van der Waals surface area contributed by atoms with E-state index in [2.05, 4.69) is 31.4 Å². The molecule has 0 bridgehead atoms. The summed E-state index contributed by atoms with van der Waals surface area (Å²) in [6.07, 6.45) is 1.15. The van der Waals surface area contributed by atoms with Crippen molar-refractivity contribution in [3.05, 3.63) is 59.2 Å². The zero-order valence-corrected chi connectivity index (χ0v) is 22.0. The highest BCUT2D eigenvalue weighted by molar-refractivity contribution is 6.05. The molecule has 8 nitrogen and oxygen atoms in total. The van der Waals surface area contributed by atoms with Gasteiger partial charge in [0.2, 0.25) is 0 Å². The van der Waals surface area contributed by atoms with E-state index in [0.29, 0.717) is 30.0 Å². The Morgan fingerprint density at radius 3 is 2.25 bits per heavy atom. The predicted octanol–water partition coefficient (Wildman–Crippen LogP) is 5.75. The van der Waals surface area contributed by atoms with Crippen LogP contribution in [-0.4, -0.2) is 52.7 Å². The van der Waals surface area contributed by atoms with Gasteiger partial charge in [0, 0.05) is 30.4 Å². The summed E-state index contributed by atoms with van der Waals surface area (Å²) in [5, 5.41) is 15.8. The number of hydrogen-bond donors (Lipinski definition) is 3. The van der Waals surface area contributed by atoms with Gasteiger partial charge in [0.1, 0.15) is 5.60 Å². The second kappa shape index (κ2) is 10.6. The van der Waals surface area contributed by atoms with Gasteiger partial charge in [-0.3, -0.25) is 4.79 Å². The van der Waals surface area contributed by atoms with Crippen LogP contribution in [0.5, 0.6) is 0 Å². The van der Waals surface area contributed by atoms with Gasteiger partial charge in [-0.25, -0.2) is 9.59 Å². The number of benzene rings is 2. The fourth-order valence-electron chi connectivity index (χ4n) is 4.06. The molecule has 3 rings (SSSR count). The highest BCUT2D eigenvalue weighted by Gasteiger charge is 2.28. The molecule has 0 radical (unpaired) electrons. The molecule has 0 aromatic heterocycles. The molecule has 1 aliphatic rings. The lowest BCUT2D eigenvalue weighted by Gasteiger charge is -2.35. The Bertz CT molecular complexity index is 1110. The lowest BCUT2D eigenvalue weighted by atomic mass is 9.87. The summed E-state index contributed by atoms with van der Waals surface area (Å²) >= 11 is 0. The summed E-state index contributed by atoms with van der Waals surface area (Å²) in [4.78, 5) is 38.8. The zero-order chi connectivity index (χ0) is 26.7. The number of rotatable bonds is 5. The van der Waals surface area contributed by atoms with Gasteiger partial charge >= 0.3 is 12.1 Å². The van der Waals surface area contributed by atoms with Crippen molar-refractivity contribution in [3.63, 3.8) is 0 Å². The van der Waals surface area contributed by atoms with E-state index in [0.717, 1.165) is 18.4 Å². The second-order valence-corrected chi connectivity index (χ2v) is 11.3. The lowest BCUT2D eigenvalue weighted by Crippen LogP contribution is -2.47.